The van der Waals surface area contributed by atoms with E-state index < -0.39 is 0 Å². The van der Waals surface area contributed by atoms with Gasteiger partial charge in [-0.2, -0.15) is 5.10 Å². The van der Waals surface area contributed by atoms with Crippen LogP contribution in [0.3, 0.4) is 0 Å². The van der Waals surface area contributed by atoms with Gasteiger partial charge in [0, 0.05) is 26.7 Å². The fourth-order valence-electron chi connectivity index (χ4n) is 4.42. The van der Waals surface area contributed by atoms with Gasteiger partial charge in [-0.05, 0) is 37.5 Å². The standard InChI is InChI=1S/C25H31N5O/c1-18-14-29(16-21-10-6-5-7-11-21)22-12-8-9-13-23(22)30(15-18)17-24(31)26-25-19(2)27-28(4)20(25)3/h5-13,18H,14-17H2,1-4H3,(H,26,31)/t18-/m1/s1. The number of para-hydroxylation sites is 2. The Labute approximate surface area is 184 Å². The van der Waals surface area contributed by atoms with Crippen LogP contribution in [0.4, 0.5) is 17.1 Å². The van der Waals surface area contributed by atoms with E-state index in [0.717, 1.165) is 42.4 Å². The normalized spacial score (nSPS) is 16.1. The van der Waals surface area contributed by atoms with Gasteiger partial charge in [0.05, 0.1) is 35.0 Å². The molecule has 4 rings (SSSR count). The maximum Gasteiger partial charge on any atom is 0.243 e. The van der Waals surface area contributed by atoms with Crippen LogP contribution in [0.15, 0.2) is 54.6 Å². The minimum Gasteiger partial charge on any atom is -0.365 e. The quantitative estimate of drug-likeness (QED) is 0.678. The van der Waals surface area contributed by atoms with Gasteiger partial charge in [0.15, 0.2) is 0 Å². The second-order valence-corrected chi connectivity index (χ2v) is 8.56. The number of carbonyl (C=O) groups excluding carboxylic acids is 1. The van der Waals surface area contributed by atoms with E-state index in [2.05, 4.69) is 81.7 Å². The summed E-state index contributed by atoms with van der Waals surface area (Å²) in [5.74, 6) is 0.406. The smallest absolute Gasteiger partial charge is 0.243 e. The highest BCUT2D eigenvalue weighted by Gasteiger charge is 2.26. The van der Waals surface area contributed by atoms with Crippen LogP contribution in [0, 0.1) is 19.8 Å². The van der Waals surface area contributed by atoms with Crippen molar-refractivity contribution in [3.8, 4) is 0 Å². The third-order valence-corrected chi connectivity index (χ3v) is 5.95. The van der Waals surface area contributed by atoms with E-state index in [-0.39, 0.29) is 5.91 Å². The molecular weight excluding hydrogens is 386 g/mol. The Morgan fingerprint density at radius 2 is 1.61 bits per heavy atom. The van der Waals surface area contributed by atoms with Crippen molar-refractivity contribution in [1.29, 1.82) is 0 Å². The van der Waals surface area contributed by atoms with E-state index >= 15 is 0 Å². The van der Waals surface area contributed by atoms with Crippen LogP contribution in [0.1, 0.15) is 23.9 Å². The third kappa shape index (κ3) is 4.58. The summed E-state index contributed by atoms with van der Waals surface area (Å²) in [6.07, 6.45) is 0. The Kier molecular flexibility index (Phi) is 5.98. The Hall–Kier alpha value is -3.28. The molecule has 1 aliphatic rings. The molecule has 6 heteroatoms. The van der Waals surface area contributed by atoms with Gasteiger partial charge < -0.3 is 15.1 Å². The summed E-state index contributed by atoms with van der Waals surface area (Å²) in [4.78, 5) is 17.6. The summed E-state index contributed by atoms with van der Waals surface area (Å²) >= 11 is 0. The SMILES string of the molecule is Cc1nn(C)c(C)c1NC(=O)CN1C[C@H](C)CN(Cc2ccccc2)c2ccccc21. The predicted molar refractivity (Wildman–Crippen MR) is 127 cm³/mol. The average molecular weight is 418 g/mol. The van der Waals surface area contributed by atoms with E-state index in [1.807, 2.05) is 20.9 Å². The fraction of sp³-hybridized carbons (Fsp3) is 0.360. The summed E-state index contributed by atoms with van der Waals surface area (Å²) in [5.41, 5.74) is 6.19. The molecule has 1 aromatic heterocycles. The van der Waals surface area contributed by atoms with E-state index in [1.165, 1.54) is 11.3 Å². The number of anilines is 3. The molecule has 0 radical (unpaired) electrons. The lowest BCUT2D eigenvalue weighted by molar-refractivity contribution is -0.115. The summed E-state index contributed by atoms with van der Waals surface area (Å²) in [6.45, 7) is 9.11. The Balaban J connectivity index is 1.57. The predicted octanol–water partition coefficient (Wildman–Crippen LogP) is 4.14. The summed E-state index contributed by atoms with van der Waals surface area (Å²) in [6, 6.07) is 19.0. The molecule has 0 aliphatic carbocycles. The van der Waals surface area contributed by atoms with Crippen molar-refractivity contribution < 1.29 is 4.79 Å². The topological polar surface area (TPSA) is 53.4 Å². The number of aryl methyl sites for hydroxylation is 2. The first-order chi connectivity index (χ1) is 14.9. The minimum atomic E-state index is -0.0160. The van der Waals surface area contributed by atoms with Crippen LogP contribution >= 0.6 is 0 Å². The van der Waals surface area contributed by atoms with Crippen molar-refractivity contribution in [2.24, 2.45) is 13.0 Å². The lowest BCUT2D eigenvalue weighted by atomic mass is 10.1. The molecule has 0 fully saturated rings. The zero-order valence-corrected chi connectivity index (χ0v) is 18.8. The monoisotopic (exact) mass is 417 g/mol. The molecule has 2 aromatic carbocycles. The number of fused-ring (bicyclic) bond motifs is 1. The van der Waals surface area contributed by atoms with E-state index in [0.29, 0.717) is 12.5 Å². The van der Waals surface area contributed by atoms with Gasteiger partial charge in [-0.25, -0.2) is 0 Å². The largest absolute Gasteiger partial charge is 0.365 e. The zero-order valence-electron chi connectivity index (χ0n) is 18.8. The molecule has 31 heavy (non-hydrogen) atoms. The van der Waals surface area contributed by atoms with Crippen LogP contribution in [0.2, 0.25) is 0 Å². The first kappa shape index (κ1) is 21.0. The maximum atomic E-state index is 13.0. The summed E-state index contributed by atoms with van der Waals surface area (Å²) < 4.78 is 1.80. The molecule has 0 bridgehead atoms. The van der Waals surface area contributed by atoms with Crippen molar-refractivity contribution in [1.82, 2.24) is 9.78 Å². The van der Waals surface area contributed by atoms with Crippen molar-refractivity contribution in [3.63, 3.8) is 0 Å². The molecule has 2 heterocycles. The van der Waals surface area contributed by atoms with Crippen LogP contribution in [0.25, 0.3) is 0 Å². The number of rotatable bonds is 5. The number of hydrogen-bond donors (Lipinski definition) is 1. The highest BCUT2D eigenvalue weighted by atomic mass is 16.2. The molecule has 0 spiro atoms. The number of aromatic nitrogens is 2. The molecular formula is C25H31N5O. The van der Waals surface area contributed by atoms with Crippen LogP contribution < -0.4 is 15.1 Å². The summed E-state index contributed by atoms with van der Waals surface area (Å²) in [7, 11) is 1.89. The van der Waals surface area contributed by atoms with Gasteiger partial charge >= 0.3 is 0 Å². The zero-order chi connectivity index (χ0) is 22.0. The molecule has 1 N–H and O–H groups in total. The molecule has 1 amide bonds. The van der Waals surface area contributed by atoms with Crippen molar-refractivity contribution >= 4 is 23.0 Å². The van der Waals surface area contributed by atoms with E-state index in [1.54, 1.807) is 4.68 Å². The van der Waals surface area contributed by atoms with E-state index in [4.69, 9.17) is 0 Å². The average Bonchev–Trinajstić information content (AvgIpc) is 2.91. The molecule has 3 aromatic rings. The number of amides is 1. The highest BCUT2D eigenvalue weighted by molar-refractivity contribution is 5.95. The number of hydrogen-bond acceptors (Lipinski definition) is 4. The first-order valence-corrected chi connectivity index (χ1v) is 10.8. The molecule has 162 valence electrons. The summed E-state index contributed by atoms with van der Waals surface area (Å²) in [5, 5.41) is 7.49. The van der Waals surface area contributed by atoms with Crippen LogP contribution in [-0.4, -0.2) is 35.3 Å². The number of carbonyl (C=O) groups is 1. The van der Waals surface area contributed by atoms with Gasteiger partial charge in [0.25, 0.3) is 0 Å². The van der Waals surface area contributed by atoms with Crippen LogP contribution in [-0.2, 0) is 18.4 Å². The number of nitrogens with one attached hydrogen (secondary N) is 1. The van der Waals surface area contributed by atoms with Crippen LogP contribution in [0.5, 0.6) is 0 Å². The number of benzene rings is 2. The highest BCUT2D eigenvalue weighted by Crippen LogP contribution is 2.34. The molecule has 1 aliphatic heterocycles. The molecule has 1 atom stereocenters. The lowest BCUT2D eigenvalue weighted by Crippen LogP contribution is -2.36. The van der Waals surface area contributed by atoms with Crippen molar-refractivity contribution in [3.05, 3.63) is 71.5 Å². The lowest BCUT2D eigenvalue weighted by Gasteiger charge is -2.27. The molecule has 0 saturated heterocycles. The Morgan fingerprint density at radius 1 is 1.00 bits per heavy atom. The second-order valence-electron chi connectivity index (χ2n) is 8.56. The van der Waals surface area contributed by atoms with Gasteiger partial charge in [-0.15, -0.1) is 0 Å². The van der Waals surface area contributed by atoms with Gasteiger partial charge in [-0.3, -0.25) is 9.48 Å². The first-order valence-electron chi connectivity index (χ1n) is 10.8. The van der Waals surface area contributed by atoms with Gasteiger partial charge in [0.1, 0.15) is 0 Å². The second kappa shape index (κ2) is 8.84. The van der Waals surface area contributed by atoms with Crippen molar-refractivity contribution in [2.45, 2.75) is 27.3 Å². The number of nitrogens with zero attached hydrogens (tertiary/aromatic N) is 4. The Bertz CT molecular complexity index is 1060. The minimum absolute atomic E-state index is 0.0160. The van der Waals surface area contributed by atoms with Gasteiger partial charge in [0.2, 0.25) is 5.91 Å². The van der Waals surface area contributed by atoms with Crippen molar-refractivity contribution in [2.75, 3.05) is 34.8 Å². The fourth-order valence-corrected chi connectivity index (χ4v) is 4.42. The maximum absolute atomic E-state index is 13.0. The molecule has 0 saturated carbocycles. The van der Waals surface area contributed by atoms with Gasteiger partial charge in [-0.1, -0.05) is 49.4 Å². The van der Waals surface area contributed by atoms with E-state index in [9.17, 15) is 4.79 Å². The molecule has 6 nitrogen and oxygen atoms in total. The Morgan fingerprint density at radius 3 is 2.26 bits per heavy atom. The third-order valence-electron chi connectivity index (χ3n) is 5.95. The molecule has 0 unspecified atom stereocenters.